The molecule has 0 amide bonds. The van der Waals surface area contributed by atoms with Gasteiger partial charge in [0.2, 0.25) is 0 Å². The van der Waals surface area contributed by atoms with E-state index in [0.29, 0.717) is 18.0 Å². The van der Waals surface area contributed by atoms with Gasteiger partial charge in [0.1, 0.15) is 11.5 Å². The molecule has 7 nitrogen and oxygen atoms in total. The van der Waals surface area contributed by atoms with Gasteiger partial charge in [-0.05, 0) is 25.5 Å². The van der Waals surface area contributed by atoms with Crippen LogP contribution in [0, 0.1) is 17.0 Å². The van der Waals surface area contributed by atoms with E-state index < -0.39 is 0 Å². The molecule has 0 saturated heterocycles. The maximum atomic E-state index is 11.0. The minimum absolute atomic E-state index is 0.0973. The van der Waals surface area contributed by atoms with E-state index in [0.717, 1.165) is 16.5 Å². The van der Waals surface area contributed by atoms with E-state index in [4.69, 9.17) is 0 Å². The third-order valence-corrected chi connectivity index (χ3v) is 4.14. The molecule has 0 saturated carbocycles. The summed E-state index contributed by atoms with van der Waals surface area (Å²) in [5, 5.41) is 22.9. The zero-order chi connectivity index (χ0) is 15.4. The van der Waals surface area contributed by atoms with Gasteiger partial charge < -0.3 is 9.88 Å². The zero-order valence-corrected chi connectivity index (χ0v) is 13.0. The average molecular weight is 307 g/mol. The molecule has 2 aromatic rings. The molecule has 0 spiro atoms. The van der Waals surface area contributed by atoms with Crippen LogP contribution in [-0.2, 0) is 12.8 Å². The first-order chi connectivity index (χ1) is 10.0. The molecule has 0 bridgehead atoms. The highest BCUT2D eigenvalue weighted by Gasteiger charge is 2.14. The number of rotatable bonds is 6. The first-order valence-corrected chi connectivity index (χ1v) is 7.51. The Morgan fingerprint density at radius 1 is 1.43 bits per heavy atom. The predicted molar refractivity (Wildman–Crippen MR) is 82.6 cm³/mol. The second-order valence-corrected chi connectivity index (χ2v) is 5.46. The smallest absolute Gasteiger partial charge is 0.292 e. The van der Waals surface area contributed by atoms with Crippen LogP contribution in [0.3, 0.4) is 0 Å². The summed E-state index contributed by atoms with van der Waals surface area (Å²) in [4.78, 5) is 10.6. The summed E-state index contributed by atoms with van der Waals surface area (Å²) in [6, 6.07) is 5.13. The van der Waals surface area contributed by atoms with Gasteiger partial charge in [0.05, 0.1) is 4.92 Å². The summed E-state index contributed by atoms with van der Waals surface area (Å²) < 4.78 is 1.92. The molecule has 0 atom stereocenters. The third kappa shape index (κ3) is 3.52. The van der Waals surface area contributed by atoms with Crippen LogP contribution in [0.25, 0.3) is 0 Å². The first kappa shape index (κ1) is 15.3. The molecular weight excluding hydrogens is 290 g/mol. The van der Waals surface area contributed by atoms with Crippen molar-refractivity contribution in [1.29, 1.82) is 0 Å². The minimum Gasteiger partial charge on any atom is -0.380 e. The van der Waals surface area contributed by atoms with E-state index in [1.165, 1.54) is 6.07 Å². The molecule has 0 aliphatic carbocycles. The van der Waals surface area contributed by atoms with Crippen molar-refractivity contribution in [3.63, 3.8) is 0 Å². The van der Waals surface area contributed by atoms with Crippen LogP contribution >= 0.6 is 11.8 Å². The fourth-order valence-electron chi connectivity index (χ4n) is 1.83. The van der Waals surface area contributed by atoms with Gasteiger partial charge in [0.15, 0.2) is 5.16 Å². The Labute approximate surface area is 126 Å². The predicted octanol–water partition coefficient (Wildman–Crippen LogP) is 2.76. The fourth-order valence-corrected chi connectivity index (χ4v) is 2.73. The van der Waals surface area contributed by atoms with Gasteiger partial charge in [-0.1, -0.05) is 17.8 Å². The molecule has 0 fully saturated rings. The molecule has 1 heterocycles. The summed E-state index contributed by atoms with van der Waals surface area (Å²) in [5.41, 5.74) is 1.65. The summed E-state index contributed by atoms with van der Waals surface area (Å²) >= 11 is 1.55. The van der Waals surface area contributed by atoms with Crippen LogP contribution in [0.2, 0.25) is 0 Å². The molecule has 1 N–H and O–H groups in total. The molecule has 1 aromatic heterocycles. The topological polar surface area (TPSA) is 85.9 Å². The van der Waals surface area contributed by atoms with Crippen LogP contribution in [0.1, 0.15) is 18.3 Å². The van der Waals surface area contributed by atoms with Crippen LogP contribution in [0.15, 0.2) is 23.4 Å². The van der Waals surface area contributed by atoms with Gasteiger partial charge in [-0.3, -0.25) is 10.1 Å². The van der Waals surface area contributed by atoms with Crippen molar-refractivity contribution in [3.05, 3.63) is 39.7 Å². The number of nitrogens with one attached hydrogen (secondary N) is 1. The number of aromatic nitrogens is 3. The zero-order valence-electron chi connectivity index (χ0n) is 12.2. The lowest BCUT2D eigenvalue weighted by Crippen LogP contribution is -2.02. The molecular formula is C13H17N5O2S. The Bertz CT molecular complexity index is 656. The molecule has 21 heavy (non-hydrogen) atoms. The van der Waals surface area contributed by atoms with E-state index in [-0.39, 0.29) is 10.6 Å². The van der Waals surface area contributed by atoms with Crippen molar-refractivity contribution in [2.75, 3.05) is 11.9 Å². The molecule has 0 aliphatic rings. The highest BCUT2D eigenvalue weighted by atomic mass is 32.2. The van der Waals surface area contributed by atoms with Crippen molar-refractivity contribution >= 4 is 23.1 Å². The van der Waals surface area contributed by atoms with Crippen molar-refractivity contribution in [2.24, 2.45) is 7.05 Å². The Morgan fingerprint density at radius 2 is 2.19 bits per heavy atom. The number of anilines is 1. The number of aryl methyl sites for hydroxylation is 1. The van der Waals surface area contributed by atoms with Crippen LogP contribution < -0.4 is 5.32 Å². The average Bonchev–Trinajstić information content (AvgIpc) is 2.77. The summed E-state index contributed by atoms with van der Waals surface area (Å²) in [7, 11) is 1.91. The molecule has 0 radical (unpaired) electrons. The van der Waals surface area contributed by atoms with E-state index in [2.05, 4.69) is 15.5 Å². The van der Waals surface area contributed by atoms with Crippen LogP contribution in [0.4, 0.5) is 11.4 Å². The van der Waals surface area contributed by atoms with Crippen LogP contribution in [-0.4, -0.2) is 26.2 Å². The molecule has 1 aromatic carbocycles. The van der Waals surface area contributed by atoms with Crippen molar-refractivity contribution < 1.29 is 4.92 Å². The summed E-state index contributed by atoms with van der Waals surface area (Å²) in [5.74, 6) is 1.54. The molecule has 2 rings (SSSR count). The first-order valence-electron chi connectivity index (χ1n) is 6.53. The van der Waals surface area contributed by atoms with E-state index >= 15 is 0 Å². The fraction of sp³-hybridized carbons (Fsp3) is 0.385. The summed E-state index contributed by atoms with van der Waals surface area (Å²) in [6.45, 7) is 4.44. The highest BCUT2D eigenvalue weighted by Crippen LogP contribution is 2.28. The Balaban J connectivity index is 2.15. The van der Waals surface area contributed by atoms with Crippen molar-refractivity contribution in [2.45, 2.75) is 24.8 Å². The third-order valence-electron chi connectivity index (χ3n) is 3.05. The maximum Gasteiger partial charge on any atom is 0.292 e. The maximum absolute atomic E-state index is 11.0. The second-order valence-electron chi connectivity index (χ2n) is 4.52. The second kappa shape index (κ2) is 6.57. The quantitative estimate of drug-likeness (QED) is 0.502. The van der Waals surface area contributed by atoms with E-state index in [1.807, 2.05) is 31.5 Å². The highest BCUT2D eigenvalue weighted by molar-refractivity contribution is 7.98. The molecule has 112 valence electrons. The Kier molecular flexibility index (Phi) is 4.79. The lowest BCUT2D eigenvalue weighted by molar-refractivity contribution is -0.384. The van der Waals surface area contributed by atoms with Gasteiger partial charge in [-0.15, -0.1) is 10.2 Å². The SMILES string of the molecule is CCNc1cc(CSc2nnc(C)n2C)ccc1[N+](=O)[O-]. The number of hydrogen-bond donors (Lipinski definition) is 1. The Morgan fingerprint density at radius 3 is 2.76 bits per heavy atom. The number of benzene rings is 1. The largest absolute Gasteiger partial charge is 0.380 e. The lowest BCUT2D eigenvalue weighted by Gasteiger charge is -2.07. The van der Waals surface area contributed by atoms with Crippen LogP contribution in [0.5, 0.6) is 0 Å². The molecule has 0 aliphatic heterocycles. The molecule has 0 unspecified atom stereocenters. The minimum atomic E-state index is -0.374. The normalized spacial score (nSPS) is 10.6. The van der Waals surface area contributed by atoms with Gasteiger partial charge in [0.25, 0.3) is 5.69 Å². The number of nitro benzene ring substituents is 1. The van der Waals surface area contributed by atoms with Gasteiger partial charge >= 0.3 is 0 Å². The van der Waals surface area contributed by atoms with Gasteiger partial charge in [-0.25, -0.2) is 0 Å². The number of hydrogen-bond acceptors (Lipinski definition) is 6. The van der Waals surface area contributed by atoms with E-state index in [9.17, 15) is 10.1 Å². The van der Waals surface area contributed by atoms with Gasteiger partial charge in [-0.2, -0.15) is 0 Å². The van der Waals surface area contributed by atoms with Crippen molar-refractivity contribution in [1.82, 2.24) is 14.8 Å². The monoisotopic (exact) mass is 307 g/mol. The lowest BCUT2D eigenvalue weighted by atomic mass is 10.2. The number of nitro groups is 1. The van der Waals surface area contributed by atoms with Gasteiger partial charge in [0, 0.05) is 25.4 Å². The van der Waals surface area contributed by atoms with E-state index in [1.54, 1.807) is 17.8 Å². The summed E-state index contributed by atoms with van der Waals surface area (Å²) in [6.07, 6.45) is 0. The van der Waals surface area contributed by atoms with Crippen molar-refractivity contribution in [3.8, 4) is 0 Å². The standard InChI is InChI=1S/C13H17N5O2S/c1-4-14-11-7-10(5-6-12(11)18(19)20)8-21-13-16-15-9(2)17(13)3/h5-7,14H,4,8H2,1-3H3. The Hall–Kier alpha value is -2.09. The molecule has 8 heteroatoms. The number of nitrogens with zero attached hydrogens (tertiary/aromatic N) is 4. The number of thioether (sulfide) groups is 1.